The van der Waals surface area contributed by atoms with Gasteiger partial charge in [0.1, 0.15) is 17.3 Å². The standard InChI is InChI=1S/C25H32FN9O/c26-17-1-2-22(36)19(11-17)20(27)12-21-23(28)24(29)33-35(21)18-5-9-34(10-6-18)25-31-13-16(14-32-25)15-3-7-30-8-4-15/h1-2,11-15,18,30,36H,3-10,27-28H2,(H2,29,33)/b20-12-. The summed E-state index contributed by atoms with van der Waals surface area (Å²) in [5.41, 5.74) is 20.9. The molecule has 0 saturated carbocycles. The zero-order valence-electron chi connectivity index (χ0n) is 20.1. The molecule has 10 nitrogen and oxygen atoms in total. The minimum atomic E-state index is -0.501. The normalized spacial score (nSPS) is 18.0. The number of aromatic hydroxyl groups is 1. The molecule has 0 bridgehead atoms. The van der Waals surface area contributed by atoms with Gasteiger partial charge in [-0.2, -0.15) is 5.10 Å². The first-order valence-electron chi connectivity index (χ1n) is 12.3. The van der Waals surface area contributed by atoms with Crippen LogP contribution in [0.1, 0.15) is 54.5 Å². The van der Waals surface area contributed by atoms with Crippen molar-refractivity contribution in [1.29, 1.82) is 0 Å². The minimum absolute atomic E-state index is 0.0371. The van der Waals surface area contributed by atoms with E-state index in [4.69, 9.17) is 17.2 Å². The Hall–Kier alpha value is -3.86. The fourth-order valence-corrected chi connectivity index (χ4v) is 5.04. The van der Waals surface area contributed by atoms with Crippen molar-refractivity contribution < 1.29 is 9.50 Å². The number of rotatable bonds is 5. The van der Waals surface area contributed by atoms with Crippen LogP contribution >= 0.6 is 0 Å². The lowest BCUT2D eigenvalue weighted by Crippen LogP contribution is -2.36. The summed E-state index contributed by atoms with van der Waals surface area (Å²) in [7, 11) is 0. The van der Waals surface area contributed by atoms with E-state index in [1.807, 2.05) is 12.4 Å². The predicted molar refractivity (Wildman–Crippen MR) is 139 cm³/mol. The lowest BCUT2D eigenvalue weighted by atomic mass is 9.92. The van der Waals surface area contributed by atoms with E-state index in [9.17, 15) is 9.50 Å². The molecule has 5 rings (SSSR count). The fraction of sp³-hybridized carbons (Fsp3) is 0.400. The van der Waals surface area contributed by atoms with Crippen LogP contribution in [0.15, 0.2) is 30.6 Å². The molecule has 3 aromatic rings. The van der Waals surface area contributed by atoms with Gasteiger partial charge in [-0.3, -0.25) is 4.68 Å². The molecule has 2 aliphatic heterocycles. The van der Waals surface area contributed by atoms with Gasteiger partial charge in [0.15, 0.2) is 5.82 Å². The van der Waals surface area contributed by atoms with Crippen LogP contribution < -0.4 is 27.4 Å². The van der Waals surface area contributed by atoms with Crippen LogP contribution in [0.2, 0.25) is 0 Å². The van der Waals surface area contributed by atoms with Crippen molar-refractivity contribution in [3.8, 4) is 5.75 Å². The summed E-state index contributed by atoms with van der Waals surface area (Å²) in [5.74, 6) is 0.837. The zero-order valence-corrected chi connectivity index (χ0v) is 20.1. The van der Waals surface area contributed by atoms with Crippen molar-refractivity contribution in [3.05, 3.63) is 53.2 Å². The number of nitrogens with two attached hydrogens (primary N) is 3. The Bertz CT molecular complexity index is 1240. The van der Waals surface area contributed by atoms with Gasteiger partial charge in [-0.1, -0.05) is 0 Å². The summed E-state index contributed by atoms with van der Waals surface area (Å²) < 4.78 is 15.5. The number of phenolic OH excluding ortho intramolecular Hbond substituents is 1. The fourth-order valence-electron chi connectivity index (χ4n) is 5.04. The molecule has 4 heterocycles. The molecule has 1 aromatic carbocycles. The number of hydrogen-bond acceptors (Lipinski definition) is 9. The Kier molecular flexibility index (Phi) is 6.64. The second-order valence-corrected chi connectivity index (χ2v) is 9.45. The van der Waals surface area contributed by atoms with E-state index in [1.165, 1.54) is 23.8 Å². The summed E-state index contributed by atoms with van der Waals surface area (Å²) in [6, 6.07) is 3.64. The highest BCUT2D eigenvalue weighted by atomic mass is 19.1. The van der Waals surface area contributed by atoms with E-state index in [2.05, 4.69) is 25.3 Å². The van der Waals surface area contributed by atoms with Crippen molar-refractivity contribution in [2.75, 3.05) is 42.5 Å². The van der Waals surface area contributed by atoms with Crippen molar-refractivity contribution in [2.24, 2.45) is 5.73 Å². The minimum Gasteiger partial charge on any atom is -0.507 e. The molecule has 11 heteroatoms. The Balaban J connectivity index is 1.30. The third-order valence-corrected chi connectivity index (χ3v) is 7.14. The second-order valence-electron chi connectivity index (χ2n) is 9.45. The number of benzene rings is 1. The number of piperidine rings is 2. The zero-order chi connectivity index (χ0) is 25.2. The first-order chi connectivity index (χ1) is 17.4. The molecule has 2 aliphatic rings. The topological polar surface area (TPSA) is 157 Å². The number of hydrogen-bond donors (Lipinski definition) is 5. The summed E-state index contributed by atoms with van der Waals surface area (Å²) in [6.45, 7) is 3.57. The lowest BCUT2D eigenvalue weighted by Gasteiger charge is -2.32. The average Bonchev–Trinajstić information content (AvgIpc) is 3.19. The molecule has 8 N–H and O–H groups in total. The first kappa shape index (κ1) is 23.9. The van der Waals surface area contributed by atoms with Gasteiger partial charge in [-0.25, -0.2) is 14.4 Å². The van der Waals surface area contributed by atoms with E-state index in [0.717, 1.165) is 57.8 Å². The maximum atomic E-state index is 13.7. The van der Waals surface area contributed by atoms with E-state index in [1.54, 1.807) is 10.8 Å². The van der Waals surface area contributed by atoms with E-state index >= 15 is 0 Å². The summed E-state index contributed by atoms with van der Waals surface area (Å²) in [5, 5.41) is 18.0. The van der Waals surface area contributed by atoms with E-state index < -0.39 is 5.82 Å². The van der Waals surface area contributed by atoms with Gasteiger partial charge in [0.2, 0.25) is 5.95 Å². The molecule has 0 atom stereocenters. The van der Waals surface area contributed by atoms with Crippen LogP contribution in [-0.2, 0) is 0 Å². The van der Waals surface area contributed by atoms with Crippen LogP contribution in [0.3, 0.4) is 0 Å². The molecule has 2 aromatic heterocycles. The van der Waals surface area contributed by atoms with Crippen LogP contribution in [0.4, 0.5) is 21.8 Å². The smallest absolute Gasteiger partial charge is 0.225 e. The lowest BCUT2D eigenvalue weighted by molar-refractivity contribution is 0.364. The Morgan fingerprint density at radius 3 is 2.47 bits per heavy atom. The number of phenols is 1. The summed E-state index contributed by atoms with van der Waals surface area (Å²) in [4.78, 5) is 11.5. The first-order valence-corrected chi connectivity index (χ1v) is 12.3. The molecule has 36 heavy (non-hydrogen) atoms. The van der Waals surface area contributed by atoms with Gasteiger partial charge in [0, 0.05) is 36.7 Å². The van der Waals surface area contributed by atoms with Gasteiger partial charge < -0.3 is 32.5 Å². The van der Waals surface area contributed by atoms with Crippen molar-refractivity contribution >= 4 is 29.2 Å². The number of nitrogen functional groups attached to an aromatic ring is 2. The number of halogens is 1. The highest BCUT2D eigenvalue weighted by Crippen LogP contribution is 2.33. The van der Waals surface area contributed by atoms with E-state index in [0.29, 0.717) is 17.3 Å². The Morgan fingerprint density at radius 1 is 1.08 bits per heavy atom. The molecule has 0 radical (unpaired) electrons. The third-order valence-electron chi connectivity index (χ3n) is 7.14. The second kappa shape index (κ2) is 10.0. The quantitative estimate of drug-likeness (QED) is 0.360. The Morgan fingerprint density at radius 2 is 1.78 bits per heavy atom. The monoisotopic (exact) mass is 493 g/mol. The van der Waals surface area contributed by atoms with Crippen LogP contribution in [0, 0.1) is 5.82 Å². The molecular weight excluding hydrogens is 461 g/mol. The number of anilines is 3. The van der Waals surface area contributed by atoms with Gasteiger partial charge in [0.05, 0.1) is 11.7 Å². The molecule has 0 unspecified atom stereocenters. The molecule has 0 aliphatic carbocycles. The molecule has 190 valence electrons. The average molecular weight is 494 g/mol. The molecule has 2 saturated heterocycles. The number of nitrogens with zero attached hydrogens (tertiary/aromatic N) is 5. The molecule has 0 amide bonds. The highest BCUT2D eigenvalue weighted by Gasteiger charge is 2.26. The van der Waals surface area contributed by atoms with Gasteiger partial charge >= 0.3 is 0 Å². The summed E-state index contributed by atoms with van der Waals surface area (Å²) >= 11 is 0. The predicted octanol–water partition coefficient (Wildman–Crippen LogP) is 2.45. The SMILES string of the molecule is N/C(=C\c1c(N)c(N)nn1C1CCN(c2ncc(C3CCNCC3)cn2)CC1)c1cc(F)ccc1O. The van der Waals surface area contributed by atoms with Crippen LogP contribution in [0.5, 0.6) is 5.75 Å². The van der Waals surface area contributed by atoms with E-state index in [-0.39, 0.29) is 28.9 Å². The third kappa shape index (κ3) is 4.78. The van der Waals surface area contributed by atoms with Gasteiger partial charge in [0.25, 0.3) is 0 Å². The van der Waals surface area contributed by atoms with Gasteiger partial charge in [-0.15, -0.1) is 0 Å². The van der Waals surface area contributed by atoms with Gasteiger partial charge in [-0.05, 0) is 74.5 Å². The van der Waals surface area contributed by atoms with Crippen molar-refractivity contribution in [3.63, 3.8) is 0 Å². The maximum absolute atomic E-state index is 13.7. The maximum Gasteiger partial charge on any atom is 0.225 e. The Labute approximate surface area is 209 Å². The summed E-state index contributed by atoms with van der Waals surface area (Å²) in [6.07, 6.45) is 9.31. The number of nitrogens with one attached hydrogen (secondary N) is 1. The van der Waals surface area contributed by atoms with Crippen molar-refractivity contribution in [2.45, 2.75) is 37.6 Å². The van der Waals surface area contributed by atoms with Crippen LogP contribution in [0.25, 0.3) is 11.8 Å². The largest absolute Gasteiger partial charge is 0.507 e. The highest BCUT2D eigenvalue weighted by molar-refractivity contribution is 5.86. The molecule has 0 spiro atoms. The molecule has 2 fully saturated rings. The van der Waals surface area contributed by atoms with Crippen LogP contribution in [-0.4, -0.2) is 51.0 Å². The number of aromatic nitrogens is 4. The molecular formula is C25H32FN9O. The van der Waals surface area contributed by atoms with Crippen molar-refractivity contribution in [1.82, 2.24) is 25.1 Å².